The molecule has 6 nitrogen and oxygen atoms in total. The molecule has 1 saturated heterocycles. The van der Waals surface area contributed by atoms with E-state index in [0.29, 0.717) is 32.8 Å². The fraction of sp³-hybridized carbons (Fsp3) is 0.636. The maximum Gasteiger partial charge on any atom is 0.315 e. The minimum atomic E-state index is -0.373. The van der Waals surface area contributed by atoms with Crippen molar-refractivity contribution < 1.29 is 14.3 Å². The maximum absolute atomic E-state index is 13.1. The summed E-state index contributed by atoms with van der Waals surface area (Å²) >= 11 is 0. The molecule has 28 heavy (non-hydrogen) atoms. The van der Waals surface area contributed by atoms with Crippen LogP contribution < -0.4 is 10.6 Å². The fourth-order valence-electron chi connectivity index (χ4n) is 4.07. The van der Waals surface area contributed by atoms with Crippen LogP contribution in [-0.2, 0) is 9.53 Å². The van der Waals surface area contributed by atoms with Crippen LogP contribution in [0.2, 0.25) is 0 Å². The summed E-state index contributed by atoms with van der Waals surface area (Å²) in [4.78, 5) is 27.4. The normalized spacial score (nSPS) is 19.9. The van der Waals surface area contributed by atoms with E-state index in [1.54, 1.807) is 0 Å². The van der Waals surface area contributed by atoms with Gasteiger partial charge in [0.15, 0.2) is 0 Å². The Labute approximate surface area is 168 Å². The van der Waals surface area contributed by atoms with Crippen LogP contribution in [0.4, 0.5) is 4.79 Å². The summed E-state index contributed by atoms with van der Waals surface area (Å²) in [6.07, 6.45) is 8.25. The van der Waals surface area contributed by atoms with Gasteiger partial charge in [0.2, 0.25) is 5.91 Å². The summed E-state index contributed by atoms with van der Waals surface area (Å²) in [6.45, 7) is 2.66. The number of urea groups is 1. The monoisotopic (exact) mass is 387 g/mol. The van der Waals surface area contributed by atoms with Gasteiger partial charge in [-0.05, 0) is 18.4 Å². The van der Waals surface area contributed by atoms with Crippen molar-refractivity contribution in [2.75, 3.05) is 32.8 Å². The van der Waals surface area contributed by atoms with Crippen LogP contribution >= 0.6 is 0 Å². The maximum atomic E-state index is 13.1. The van der Waals surface area contributed by atoms with E-state index in [2.05, 4.69) is 10.6 Å². The molecule has 1 aromatic carbocycles. The van der Waals surface area contributed by atoms with Gasteiger partial charge in [-0.3, -0.25) is 4.79 Å². The van der Waals surface area contributed by atoms with Crippen LogP contribution in [0.1, 0.15) is 56.4 Å². The second kappa shape index (κ2) is 11.1. The van der Waals surface area contributed by atoms with E-state index in [1.807, 2.05) is 35.2 Å². The lowest BCUT2D eigenvalue weighted by atomic mass is 9.96. The molecule has 3 amide bonds. The molecule has 0 spiro atoms. The van der Waals surface area contributed by atoms with Gasteiger partial charge in [-0.1, -0.05) is 62.4 Å². The van der Waals surface area contributed by atoms with E-state index in [4.69, 9.17) is 4.74 Å². The molecule has 1 heterocycles. The molecule has 2 fully saturated rings. The molecular weight excluding hydrogens is 354 g/mol. The number of nitrogens with one attached hydrogen (secondary N) is 2. The van der Waals surface area contributed by atoms with E-state index < -0.39 is 0 Å². The smallest absolute Gasteiger partial charge is 0.315 e. The Balaban J connectivity index is 1.57. The third-order valence-electron chi connectivity index (χ3n) is 5.73. The molecule has 1 unspecified atom stereocenters. The van der Waals surface area contributed by atoms with Crippen molar-refractivity contribution in [1.82, 2.24) is 15.5 Å². The van der Waals surface area contributed by atoms with Crippen molar-refractivity contribution >= 4 is 11.9 Å². The van der Waals surface area contributed by atoms with Crippen molar-refractivity contribution in [2.24, 2.45) is 0 Å². The number of carbonyl (C=O) groups is 2. The van der Waals surface area contributed by atoms with Crippen LogP contribution in [0.15, 0.2) is 30.3 Å². The first kappa shape index (κ1) is 20.6. The number of benzene rings is 1. The van der Waals surface area contributed by atoms with Crippen LogP contribution in [-0.4, -0.2) is 55.7 Å². The summed E-state index contributed by atoms with van der Waals surface area (Å²) in [5.41, 5.74) is 0.935. The Hall–Kier alpha value is -2.08. The van der Waals surface area contributed by atoms with Gasteiger partial charge in [0.25, 0.3) is 0 Å². The van der Waals surface area contributed by atoms with Gasteiger partial charge in [0.05, 0.1) is 19.1 Å². The summed E-state index contributed by atoms with van der Waals surface area (Å²) in [5.74, 6) is -0.317. The second-order valence-corrected chi connectivity index (χ2v) is 7.80. The van der Waals surface area contributed by atoms with Gasteiger partial charge in [-0.15, -0.1) is 0 Å². The van der Waals surface area contributed by atoms with Gasteiger partial charge < -0.3 is 20.3 Å². The Bertz CT molecular complexity index is 609. The number of rotatable bonds is 5. The zero-order valence-electron chi connectivity index (χ0n) is 16.7. The van der Waals surface area contributed by atoms with Gasteiger partial charge in [0.1, 0.15) is 0 Å². The molecule has 0 bridgehead atoms. The SMILES string of the molecule is O=C(NCC(C(=O)N1CCOCC1)c1ccccc1)NC1CCCCCCC1. The van der Waals surface area contributed by atoms with E-state index in [-0.39, 0.29) is 23.9 Å². The van der Waals surface area contributed by atoms with Crippen molar-refractivity contribution in [3.8, 4) is 0 Å². The number of hydrogen-bond acceptors (Lipinski definition) is 3. The summed E-state index contributed by atoms with van der Waals surface area (Å²) in [6, 6.07) is 9.79. The lowest BCUT2D eigenvalue weighted by molar-refractivity contribution is -0.136. The first-order chi connectivity index (χ1) is 13.7. The number of morpholine rings is 1. The quantitative estimate of drug-likeness (QED) is 0.816. The van der Waals surface area contributed by atoms with Crippen LogP contribution in [0.3, 0.4) is 0 Å². The summed E-state index contributed by atoms with van der Waals surface area (Å²) in [5, 5.41) is 6.07. The van der Waals surface area contributed by atoms with Crippen molar-refractivity contribution in [2.45, 2.75) is 56.9 Å². The number of amides is 3. The first-order valence-corrected chi connectivity index (χ1v) is 10.7. The third-order valence-corrected chi connectivity index (χ3v) is 5.73. The minimum Gasteiger partial charge on any atom is -0.378 e. The Kier molecular flexibility index (Phi) is 8.15. The molecule has 0 aromatic heterocycles. The fourth-order valence-corrected chi connectivity index (χ4v) is 4.07. The molecule has 6 heteroatoms. The highest BCUT2D eigenvalue weighted by Gasteiger charge is 2.27. The Morgan fingerprint density at radius 2 is 1.64 bits per heavy atom. The molecule has 1 atom stereocenters. The van der Waals surface area contributed by atoms with E-state index in [1.165, 1.54) is 32.1 Å². The largest absolute Gasteiger partial charge is 0.378 e. The molecule has 2 N–H and O–H groups in total. The van der Waals surface area contributed by atoms with Crippen molar-refractivity contribution in [1.29, 1.82) is 0 Å². The summed E-state index contributed by atoms with van der Waals surface area (Å²) in [7, 11) is 0. The molecule has 1 saturated carbocycles. The van der Waals surface area contributed by atoms with E-state index in [0.717, 1.165) is 18.4 Å². The van der Waals surface area contributed by atoms with E-state index >= 15 is 0 Å². The average Bonchev–Trinajstić information content (AvgIpc) is 2.71. The molecule has 0 radical (unpaired) electrons. The Morgan fingerprint density at radius 3 is 2.32 bits per heavy atom. The highest BCUT2D eigenvalue weighted by atomic mass is 16.5. The molecule has 1 aromatic rings. The number of hydrogen-bond donors (Lipinski definition) is 2. The zero-order valence-corrected chi connectivity index (χ0v) is 16.7. The number of carbonyl (C=O) groups excluding carboxylic acids is 2. The van der Waals surface area contributed by atoms with Crippen molar-refractivity contribution in [3.05, 3.63) is 35.9 Å². The van der Waals surface area contributed by atoms with Gasteiger partial charge in [-0.2, -0.15) is 0 Å². The predicted octanol–water partition coefficient (Wildman–Crippen LogP) is 3.04. The van der Waals surface area contributed by atoms with E-state index in [9.17, 15) is 9.59 Å². The molecule has 1 aliphatic heterocycles. The Morgan fingerprint density at radius 1 is 1.00 bits per heavy atom. The lowest BCUT2D eigenvalue weighted by Gasteiger charge is -2.31. The molecule has 2 aliphatic rings. The highest BCUT2D eigenvalue weighted by Crippen LogP contribution is 2.19. The highest BCUT2D eigenvalue weighted by molar-refractivity contribution is 5.85. The topological polar surface area (TPSA) is 70.7 Å². The van der Waals surface area contributed by atoms with Crippen LogP contribution in [0.25, 0.3) is 0 Å². The molecular formula is C22H33N3O3. The van der Waals surface area contributed by atoms with Gasteiger partial charge in [-0.25, -0.2) is 4.79 Å². The van der Waals surface area contributed by atoms with Crippen molar-refractivity contribution in [3.63, 3.8) is 0 Å². The molecule has 1 aliphatic carbocycles. The average molecular weight is 388 g/mol. The molecule has 3 rings (SSSR count). The number of nitrogens with zero attached hydrogens (tertiary/aromatic N) is 1. The zero-order chi connectivity index (χ0) is 19.6. The van der Waals surface area contributed by atoms with Gasteiger partial charge in [0, 0.05) is 25.7 Å². The predicted molar refractivity (Wildman–Crippen MR) is 109 cm³/mol. The third kappa shape index (κ3) is 6.23. The summed E-state index contributed by atoms with van der Waals surface area (Å²) < 4.78 is 5.36. The first-order valence-electron chi connectivity index (χ1n) is 10.7. The van der Waals surface area contributed by atoms with Gasteiger partial charge >= 0.3 is 6.03 Å². The second-order valence-electron chi connectivity index (χ2n) is 7.80. The molecule has 154 valence electrons. The lowest BCUT2D eigenvalue weighted by Crippen LogP contribution is -2.48. The van der Waals surface area contributed by atoms with Crippen LogP contribution in [0.5, 0.6) is 0 Å². The standard InChI is InChI=1S/C22H33N3O3/c26-21(25-13-15-28-16-14-25)20(18-9-5-4-6-10-18)17-23-22(27)24-19-11-7-2-1-3-8-12-19/h4-6,9-10,19-20H,1-3,7-8,11-17H2,(H2,23,24,27). The minimum absolute atomic E-state index is 0.0563. The number of ether oxygens (including phenoxy) is 1. The van der Waals surface area contributed by atoms with Crippen LogP contribution in [0, 0.1) is 0 Å².